The summed E-state index contributed by atoms with van der Waals surface area (Å²) in [5.74, 6) is 0.357. The highest BCUT2D eigenvalue weighted by atomic mass is 35.5. The van der Waals surface area contributed by atoms with E-state index in [1.54, 1.807) is 0 Å². The number of aliphatic hydroxyl groups is 1. The third kappa shape index (κ3) is 3.22. The number of anilines is 1. The minimum absolute atomic E-state index is 0.170. The Morgan fingerprint density at radius 1 is 1.15 bits per heavy atom. The highest BCUT2D eigenvalue weighted by molar-refractivity contribution is 6.30. The summed E-state index contributed by atoms with van der Waals surface area (Å²) < 4.78 is 0. The minimum Gasteiger partial charge on any atom is -0.393 e. The lowest BCUT2D eigenvalue weighted by Gasteiger charge is -2.42. The van der Waals surface area contributed by atoms with Crippen LogP contribution in [0.2, 0.25) is 5.02 Å². The molecule has 2 aliphatic heterocycles. The molecule has 4 rings (SSSR count). The van der Waals surface area contributed by atoms with E-state index in [2.05, 4.69) is 22.8 Å². The molecule has 2 saturated heterocycles. The van der Waals surface area contributed by atoms with Crippen LogP contribution in [0.1, 0.15) is 50.5 Å². The highest BCUT2D eigenvalue weighted by Gasteiger charge is 2.50. The average Bonchev–Trinajstić information content (AvgIpc) is 2.92. The lowest BCUT2D eigenvalue weighted by Crippen LogP contribution is -2.50. The van der Waals surface area contributed by atoms with Gasteiger partial charge in [-0.25, -0.2) is 0 Å². The van der Waals surface area contributed by atoms with Crippen LogP contribution in [0.4, 0.5) is 5.69 Å². The summed E-state index contributed by atoms with van der Waals surface area (Å²) in [4.78, 5) is 17.9. The van der Waals surface area contributed by atoms with Gasteiger partial charge in [-0.1, -0.05) is 11.6 Å². The Bertz CT molecular complexity index is 687. The molecule has 142 valence electrons. The van der Waals surface area contributed by atoms with E-state index >= 15 is 0 Å². The maximum Gasteiger partial charge on any atom is 0.230 e. The monoisotopic (exact) mass is 376 g/mol. The smallest absolute Gasteiger partial charge is 0.230 e. The van der Waals surface area contributed by atoms with Crippen molar-refractivity contribution in [3.8, 4) is 0 Å². The van der Waals surface area contributed by atoms with Gasteiger partial charge in [-0.15, -0.1) is 0 Å². The van der Waals surface area contributed by atoms with Crippen molar-refractivity contribution in [3.05, 3.63) is 28.8 Å². The van der Waals surface area contributed by atoms with Crippen molar-refractivity contribution in [3.63, 3.8) is 0 Å². The van der Waals surface area contributed by atoms with E-state index in [0.29, 0.717) is 11.9 Å². The largest absolute Gasteiger partial charge is 0.393 e. The molecule has 1 atom stereocenters. The van der Waals surface area contributed by atoms with Gasteiger partial charge in [0.2, 0.25) is 5.91 Å². The second-order valence-corrected chi connectivity index (χ2v) is 8.88. The van der Waals surface area contributed by atoms with Crippen LogP contribution in [0, 0.1) is 12.3 Å². The Morgan fingerprint density at radius 2 is 1.92 bits per heavy atom. The Morgan fingerprint density at radius 3 is 2.65 bits per heavy atom. The molecular formula is C21H29ClN2O2. The Hall–Kier alpha value is -1.26. The summed E-state index contributed by atoms with van der Waals surface area (Å²) in [5, 5.41) is 10.5. The number of carbonyl (C=O) groups excluding carboxylic acids is 1. The minimum atomic E-state index is -0.222. The van der Waals surface area contributed by atoms with E-state index in [-0.39, 0.29) is 11.5 Å². The quantitative estimate of drug-likeness (QED) is 0.854. The van der Waals surface area contributed by atoms with Gasteiger partial charge in [0.25, 0.3) is 0 Å². The molecule has 26 heavy (non-hydrogen) atoms. The molecule has 1 N–H and O–H groups in total. The zero-order valence-electron chi connectivity index (χ0n) is 15.6. The number of aliphatic hydroxyl groups excluding tert-OH is 1. The van der Waals surface area contributed by atoms with Crippen LogP contribution >= 0.6 is 11.6 Å². The van der Waals surface area contributed by atoms with Gasteiger partial charge in [-0.05, 0) is 75.6 Å². The molecule has 1 aromatic carbocycles. The van der Waals surface area contributed by atoms with Crippen molar-refractivity contribution in [1.82, 2.24) is 4.90 Å². The molecule has 1 amide bonds. The van der Waals surface area contributed by atoms with Crippen LogP contribution < -0.4 is 4.90 Å². The van der Waals surface area contributed by atoms with Gasteiger partial charge in [0.05, 0.1) is 11.5 Å². The number of amides is 1. The van der Waals surface area contributed by atoms with E-state index in [0.717, 1.165) is 69.6 Å². The number of piperidine rings is 1. The van der Waals surface area contributed by atoms with Crippen LogP contribution in [0.25, 0.3) is 0 Å². The second kappa shape index (κ2) is 7.05. The lowest BCUT2D eigenvalue weighted by molar-refractivity contribution is -0.139. The van der Waals surface area contributed by atoms with Crippen molar-refractivity contribution in [2.24, 2.45) is 5.41 Å². The fourth-order valence-corrected chi connectivity index (χ4v) is 5.48. The van der Waals surface area contributed by atoms with Crippen molar-refractivity contribution in [2.75, 3.05) is 24.5 Å². The van der Waals surface area contributed by atoms with Gasteiger partial charge in [0.15, 0.2) is 0 Å². The van der Waals surface area contributed by atoms with E-state index in [1.807, 2.05) is 12.1 Å². The van der Waals surface area contributed by atoms with Gasteiger partial charge in [-0.3, -0.25) is 4.79 Å². The molecule has 1 unspecified atom stereocenters. The first kappa shape index (κ1) is 18.1. The zero-order valence-corrected chi connectivity index (χ0v) is 16.3. The fraction of sp³-hybridized carbons (Fsp3) is 0.667. The number of aryl methyl sites for hydroxylation is 1. The van der Waals surface area contributed by atoms with E-state index in [4.69, 9.17) is 11.6 Å². The molecule has 0 aromatic heterocycles. The molecule has 1 aromatic rings. The predicted molar refractivity (Wildman–Crippen MR) is 105 cm³/mol. The number of carbonyl (C=O) groups is 1. The van der Waals surface area contributed by atoms with Crippen LogP contribution in [0.5, 0.6) is 0 Å². The average molecular weight is 377 g/mol. The number of hydrogen-bond donors (Lipinski definition) is 1. The van der Waals surface area contributed by atoms with Crippen LogP contribution in [-0.2, 0) is 4.79 Å². The molecule has 1 aliphatic carbocycles. The Balaban J connectivity index is 1.50. The predicted octanol–water partition coefficient (Wildman–Crippen LogP) is 3.77. The lowest BCUT2D eigenvalue weighted by atomic mass is 9.78. The summed E-state index contributed by atoms with van der Waals surface area (Å²) in [6, 6.07) is 6.38. The standard InChI is InChI=1S/C21H29ClN2O2/c1-15-13-16(22)3-8-19(15)23-11-2-9-21(14-23)10-12-24(20(21)26)17-4-6-18(25)7-5-17/h3,8,13,17-18,25H,2,4-7,9-12,14H2,1H3/t17-,18-,21?. The van der Waals surface area contributed by atoms with Crippen molar-refractivity contribution in [2.45, 2.75) is 64.0 Å². The summed E-state index contributed by atoms with van der Waals surface area (Å²) >= 11 is 6.12. The van der Waals surface area contributed by atoms with E-state index in [9.17, 15) is 9.90 Å². The third-order valence-electron chi connectivity index (χ3n) is 6.73. The van der Waals surface area contributed by atoms with Gasteiger partial charge in [-0.2, -0.15) is 0 Å². The van der Waals surface area contributed by atoms with Crippen molar-refractivity contribution >= 4 is 23.2 Å². The van der Waals surface area contributed by atoms with Gasteiger partial charge in [0.1, 0.15) is 0 Å². The first-order chi connectivity index (χ1) is 12.5. The molecule has 0 bridgehead atoms. The van der Waals surface area contributed by atoms with Crippen LogP contribution in [0.3, 0.4) is 0 Å². The summed E-state index contributed by atoms with van der Waals surface area (Å²) in [6.45, 7) is 4.80. The van der Waals surface area contributed by atoms with Crippen LogP contribution in [0.15, 0.2) is 18.2 Å². The van der Waals surface area contributed by atoms with E-state index in [1.165, 1.54) is 11.3 Å². The first-order valence-electron chi connectivity index (χ1n) is 9.99. The normalized spacial score (nSPS) is 32.5. The third-order valence-corrected chi connectivity index (χ3v) is 6.96. The fourth-order valence-electron chi connectivity index (χ4n) is 5.26. The van der Waals surface area contributed by atoms with Gasteiger partial charge in [0, 0.05) is 36.4 Å². The molecule has 1 saturated carbocycles. The van der Waals surface area contributed by atoms with Crippen molar-refractivity contribution in [1.29, 1.82) is 0 Å². The number of rotatable bonds is 2. The Labute approximate surface area is 161 Å². The molecule has 4 nitrogen and oxygen atoms in total. The Kier molecular flexibility index (Phi) is 4.91. The molecule has 0 radical (unpaired) electrons. The molecule has 3 fully saturated rings. The summed E-state index contributed by atoms with van der Waals surface area (Å²) in [5.41, 5.74) is 2.17. The van der Waals surface area contributed by atoms with E-state index < -0.39 is 0 Å². The number of halogens is 1. The first-order valence-corrected chi connectivity index (χ1v) is 10.4. The van der Waals surface area contributed by atoms with Gasteiger partial charge < -0.3 is 14.9 Å². The highest BCUT2D eigenvalue weighted by Crippen LogP contribution is 2.44. The van der Waals surface area contributed by atoms with Gasteiger partial charge >= 0.3 is 0 Å². The second-order valence-electron chi connectivity index (χ2n) is 8.45. The molecule has 2 heterocycles. The molecule has 5 heteroatoms. The SMILES string of the molecule is Cc1cc(Cl)ccc1N1CCCC2(CCN([C@H]3CC[C@H](O)CC3)C2=O)C1. The van der Waals surface area contributed by atoms with Crippen molar-refractivity contribution < 1.29 is 9.90 Å². The molecule has 3 aliphatic rings. The number of hydrogen-bond acceptors (Lipinski definition) is 3. The topological polar surface area (TPSA) is 43.8 Å². The maximum atomic E-state index is 13.4. The number of nitrogens with zero attached hydrogens (tertiary/aromatic N) is 2. The zero-order chi connectivity index (χ0) is 18.3. The number of likely N-dealkylation sites (tertiary alicyclic amines) is 1. The molecule has 1 spiro atoms. The molecular weight excluding hydrogens is 348 g/mol. The van der Waals surface area contributed by atoms with Crippen LogP contribution in [-0.4, -0.2) is 47.7 Å². The maximum absolute atomic E-state index is 13.4. The summed E-state index contributed by atoms with van der Waals surface area (Å²) in [7, 11) is 0. The number of benzene rings is 1. The summed E-state index contributed by atoms with van der Waals surface area (Å²) in [6.07, 6.45) is 6.41.